The number of carbonyl (C=O) groups is 2. The van der Waals surface area contributed by atoms with Crippen LogP contribution in [0.4, 0.5) is 5.69 Å². The minimum absolute atomic E-state index is 0. The van der Waals surface area contributed by atoms with Crippen LogP contribution >= 0.6 is 0 Å². The number of phenolic OH excluding ortho intramolecular Hbond substituents is 1. The Kier molecular flexibility index (Phi) is 12.7. The van der Waals surface area contributed by atoms with Crippen LogP contribution in [0.25, 0.3) is 6.08 Å². The molecule has 0 amide bonds. The van der Waals surface area contributed by atoms with E-state index in [-0.39, 0.29) is 45.9 Å². The number of allylic oxidation sites excluding steroid dienone is 8. The van der Waals surface area contributed by atoms with E-state index >= 15 is 0 Å². The number of carbonyl (C=O) groups excluding carboxylic acids is 2. The monoisotopic (exact) mass is 597 g/mol. The van der Waals surface area contributed by atoms with Crippen LogP contribution in [0.15, 0.2) is 114 Å². The molecule has 0 fully saturated rings. The molecule has 0 aromatic heterocycles. The summed E-state index contributed by atoms with van der Waals surface area (Å²) in [6.45, 7) is 9.35. The van der Waals surface area contributed by atoms with Gasteiger partial charge in [0.25, 0.3) is 0 Å². The van der Waals surface area contributed by atoms with Gasteiger partial charge in [-0.1, -0.05) is 49.6 Å². The van der Waals surface area contributed by atoms with Crippen molar-refractivity contribution in [1.82, 2.24) is 0 Å². The SMILES string of the molecule is C=CC1=CC=C(OC(C)C2=CC=C(O)C(C=O)C2)CC1.C=Cc1ccc(OC(=O)c2ccc(O)c(N=O)c2)cc1.[Fe]. The fourth-order valence-corrected chi connectivity index (χ4v) is 3.93. The number of ether oxygens (including phenoxy) is 2. The van der Waals surface area contributed by atoms with E-state index in [1.807, 2.05) is 31.2 Å². The van der Waals surface area contributed by atoms with Gasteiger partial charge in [0.05, 0.1) is 17.2 Å². The Balaban J connectivity index is 0.000000280. The van der Waals surface area contributed by atoms with Crippen LogP contribution in [-0.2, 0) is 26.6 Å². The van der Waals surface area contributed by atoms with E-state index in [2.05, 4.69) is 18.3 Å². The number of nitroso groups, excluding NO2 is 1. The summed E-state index contributed by atoms with van der Waals surface area (Å²) in [6.07, 6.45) is 14.0. The van der Waals surface area contributed by atoms with Crippen molar-refractivity contribution in [3.8, 4) is 11.5 Å². The zero-order valence-electron chi connectivity index (χ0n) is 22.5. The Morgan fingerprint density at radius 3 is 2.34 bits per heavy atom. The first-order valence-electron chi connectivity index (χ1n) is 12.6. The number of aliphatic hydroxyl groups is 1. The fraction of sp³-hybridized carbons (Fsp3) is 0.188. The Bertz CT molecular complexity index is 1400. The molecule has 41 heavy (non-hydrogen) atoms. The molecule has 2 unspecified atom stereocenters. The molecule has 0 radical (unpaired) electrons. The molecule has 8 nitrogen and oxygen atoms in total. The van der Waals surface area contributed by atoms with Gasteiger partial charge in [-0.25, -0.2) is 4.79 Å². The van der Waals surface area contributed by atoms with E-state index in [0.717, 1.165) is 36.0 Å². The molecule has 0 saturated carbocycles. The molecular weight excluding hydrogens is 566 g/mol. The fourth-order valence-electron chi connectivity index (χ4n) is 3.93. The summed E-state index contributed by atoms with van der Waals surface area (Å²) >= 11 is 0. The minimum atomic E-state index is -0.638. The molecule has 2 aliphatic carbocycles. The summed E-state index contributed by atoms with van der Waals surface area (Å²) < 4.78 is 11.1. The molecule has 0 heterocycles. The van der Waals surface area contributed by atoms with E-state index in [1.54, 1.807) is 36.4 Å². The summed E-state index contributed by atoms with van der Waals surface area (Å²) in [5.41, 5.74) is 3.07. The third-order valence-electron chi connectivity index (χ3n) is 6.36. The predicted molar refractivity (Wildman–Crippen MR) is 154 cm³/mol. The second-order valence-corrected chi connectivity index (χ2v) is 9.08. The average molecular weight is 597 g/mol. The summed E-state index contributed by atoms with van der Waals surface area (Å²) in [5, 5.41) is 21.5. The second-order valence-electron chi connectivity index (χ2n) is 9.08. The van der Waals surface area contributed by atoms with Gasteiger partial charge >= 0.3 is 5.97 Å². The second kappa shape index (κ2) is 16.0. The number of aliphatic hydroxyl groups excluding tert-OH is 1. The van der Waals surface area contributed by atoms with Crippen molar-refractivity contribution < 1.29 is 46.3 Å². The van der Waals surface area contributed by atoms with Crippen molar-refractivity contribution in [2.75, 3.05) is 0 Å². The largest absolute Gasteiger partial charge is 0.512 e. The number of esters is 1. The van der Waals surface area contributed by atoms with Gasteiger partial charge in [0.2, 0.25) is 0 Å². The van der Waals surface area contributed by atoms with Crippen LogP contribution in [-0.4, -0.2) is 28.6 Å². The van der Waals surface area contributed by atoms with Gasteiger partial charge in [0, 0.05) is 23.5 Å². The standard InChI is InChI=1S/C17H20O3.C15H11NO4.Fe/c1-3-13-4-7-16(8-5-13)20-12(2)14-6-9-17(19)15(10-14)11-18;1-2-10-3-6-12(7-4-10)20-15(18)11-5-8-14(17)13(9-11)16-19;/h3-4,6-7,9,11-12,15,19H,1,5,8,10H2,2H3;2-9,17H,1H2;. The summed E-state index contributed by atoms with van der Waals surface area (Å²) in [7, 11) is 0. The van der Waals surface area contributed by atoms with Gasteiger partial charge < -0.3 is 24.5 Å². The Morgan fingerprint density at radius 2 is 1.76 bits per heavy atom. The van der Waals surface area contributed by atoms with Crippen molar-refractivity contribution in [3.05, 3.63) is 125 Å². The molecule has 0 bridgehead atoms. The van der Waals surface area contributed by atoms with Crippen molar-refractivity contribution >= 4 is 24.0 Å². The van der Waals surface area contributed by atoms with Crippen LogP contribution in [0.3, 0.4) is 0 Å². The minimum Gasteiger partial charge on any atom is -0.512 e. The number of benzene rings is 2. The summed E-state index contributed by atoms with van der Waals surface area (Å²) in [5.74, 6) is 0.0906. The molecule has 214 valence electrons. The third kappa shape index (κ3) is 9.31. The topological polar surface area (TPSA) is 122 Å². The van der Waals surface area contributed by atoms with E-state index in [4.69, 9.17) is 9.47 Å². The smallest absolute Gasteiger partial charge is 0.343 e. The summed E-state index contributed by atoms with van der Waals surface area (Å²) in [4.78, 5) is 33.2. The van der Waals surface area contributed by atoms with Gasteiger partial charge in [-0.05, 0) is 84.1 Å². The number of nitrogens with zero attached hydrogens (tertiary/aromatic N) is 1. The molecular formula is C32H31FeNO7. The number of rotatable bonds is 9. The quantitative estimate of drug-likeness (QED) is 0.101. The zero-order valence-corrected chi connectivity index (χ0v) is 23.6. The Hall–Kier alpha value is -4.46. The Morgan fingerprint density at radius 1 is 1.02 bits per heavy atom. The molecule has 0 aliphatic heterocycles. The first kappa shape index (κ1) is 32.7. The van der Waals surface area contributed by atoms with Gasteiger partial charge in [-0.3, -0.25) is 0 Å². The molecule has 2 N–H and O–H groups in total. The maximum absolute atomic E-state index is 11.9. The molecule has 4 rings (SSSR count). The molecule has 9 heteroatoms. The van der Waals surface area contributed by atoms with Crippen LogP contribution in [0, 0.1) is 10.8 Å². The normalized spacial score (nSPS) is 16.4. The van der Waals surface area contributed by atoms with E-state index in [0.29, 0.717) is 12.2 Å². The van der Waals surface area contributed by atoms with Gasteiger partial charge in [-0.15, -0.1) is 4.91 Å². The van der Waals surface area contributed by atoms with Crippen molar-refractivity contribution in [2.24, 2.45) is 11.1 Å². The maximum Gasteiger partial charge on any atom is 0.343 e. The molecule has 2 aromatic rings. The number of phenols is 1. The molecule has 2 atom stereocenters. The van der Waals surface area contributed by atoms with Crippen LogP contribution in [0.1, 0.15) is 42.1 Å². The number of aldehydes is 1. The first-order valence-corrected chi connectivity index (χ1v) is 12.6. The summed E-state index contributed by atoms with van der Waals surface area (Å²) in [6, 6.07) is 10.5. The molecule has 0 spiro atoms. The molecule has 2 aromatic carbocycles. The zero-order chi connectivity index (χ0) is 29.1. The van der Waals surface area contributed by atoms with Crippen LogP contribution in [0.2, 0.25) is 0 Å². The number of hydrogen-bond acceptors (Lipinski definition) is 8. The number of aromatic hydroxyl groups is 1. The number of hydrogen-bond donors (Lipinski definition) is 2. The molecule has 2 aliphatic rings. The average Bonchev–Trinajstić information content (AvgIpc) is 2.98. The van der Waals surface area contributed by atoms with Crippen LogP contribution in [0.5, 0.6) is 11.5 Å². The van der Waals surface area contributed by atoms with E-state index in [9.17, 15) is 24.7 Å². The Labute approximate surface area is 249 Å². The van der Waals surface area contributed by atoms with Crippen molar-refractivity contribution in [3.63, 3.8) is 0 Å². The molecule has 0 saturated heterocycles. The van der Waals surface area contributed by atoms with Gasteiger partial charge in [0.15, 0.2) is 0 Å². The predicted octanol–water partition coefficient (Wildman–Crippen LogP) is 7.42. The van der Waals surface area contributed by atoms with Crippen LogP contribution < -0.4 is 4.74 Å². The maximum atomic E-state index is 11.9. The van der Waals surface area contributed by atoms with Crippen molar-refractivity contribution in [2.45, 2.75) is 32.3 Å². The van der Waals surface area contributed by atoms with E-state index in [1.165, 1.54) is 23.8 Å². The first-order chi connectivity index (χ1) is 19.3. The van der Waals surface area contributed by atoms with Gasteiger partial charge in [-0.2, -0.15) is 0 Å². The van der Waals surface area contributed by atoms with Gasteiger partial charge in [0.1, 0.15) is 35.3 Å². The van der Waals surface area contributed by atoms with Crippen molar-refractivity contribution in [1.29, 1.82) is 0 Å². The third-order valence-corrected chi connectivity index (χ3v) is 6.36. The van der Waals surface area contributed by atoms with E-state index < -0.39 is 11.9 Å².